The number of carbonyl (C=O) groups excluding carboxylic acids is 1. The molecule has 12 nitrogen and oxygen atoms in total. The van der Waals surface area contributed by atoms with Crippen LogP contribution in [0.2, 0.25) is 0 Å². The Labute approximate surface area is 167 Å². The number of hydrogen-bond acceptors (Lipinski definition) is 9. The standard InChI is InChI=1S/C16H11N7O5S/c17-16(29)21-15(24)14(19-18-11-3-1-2-4-12(11)23(27)28)13(20-21)9-5-7-10(8-6-9)22(25)26/h1-8,18H,(H2,17,29)/b19-14+. The molecule has 3 rings (SSSR count). The van der Waals surface area contributed by atoms with Crippen molar-refractivity contribution in [2.24, 2.45) is 15.9 Å². The summed E-state index contributed by atoms with van der Waals surface area (Å²) in [7, 11) is 0. The van der Waals surface area contributed by atoms with Gasteiger partial charge in [-0.2, -0.15) is 15.2 Å². The molecule has 0 unspecified atom stereocenters. The van der Waals surface area contributed by atoms with Gasteiger partial charge in [0.25, 0.3) is 11.4 Å². The van der Waals surface area contributed by atoms with Crippen molar-refractivity contribution in [2.75, 3.05) is 5.43 Å². The third-order valence-electron chi connectivity index (χ3n) is 3.77. The molecule has 0 saturated carbocycles. The Kier molecular flexibility index (Phi) is 5.23. The zero-order valence-electron chi connectivity index (χ0n) is 14.4. The fraction of sp³-hybridized carbons (Fsp3) is 0. The fourth-order valence-corrected chi connectivity index (χ4v) is 2.55. The summed E-state index contributed by atoms with van der Waals surface area (Å²) in [4.78, 5) is 33.4. The SMILES string of the molecule is NC(=S)N1N=C(c2ccc([N+](=O)[O-])cc2)/C(=N\Nc2ccccc2[N+](=O)[O-])C1=O. The number of thiocarbonyl (C=S) groups is 1. The van der Waals surface area contributed by atoms with Gasteiger partial charge in [-0.05, 0) is 30.4 Å². The first-order valence-corrected chi connectivity index (χ1v) is 8.25. The van der Waals surface area contributed by atoms with Gasteiger partial charge in [0.05, 0.1) is 9.85 Å². The first-order valence-electron chi connectivity index (χ1n) is 7.84. The Morgan fingerprint density at radius 2 is 1.76 bits per heavy atom. The molecule has 29 heavy (non-hydrogen) atoms. The highest BCUT2D eigenvalue weighted by molar-refractivity contribution is 7.80. The van der Waals surface area contributed by atoms with Gasteiger partial charge in [0.1, 0.15) is 11.4 Å². The Morgan fingerprint density at radius 1 is 1.10 bits per heavy atom. The predicted molar refractivity (Wildman–Crippen MR) is 107 cm³/mol. The van der Waals surface area contributed by atoms with Crippen molar-refractivity contribution in [1.82, 2.24) is 5.01 Å². The number of nitrogens with one attached hydrogen (secondary N) is 1. The second-order valence-corrected chi connectivity index (χ2v) is 5.97. The van der Waals surface area contributed by atoms with Gasteiger partial charge in [0.15, 0.2) is 10.8 Å². The molecule has 2 aromatic carbocycles. The van der Waals surface area contributed by atoms with E-state index in [4.69, 9.17) is 18.0 Å². The normalized spacial score (nSPS) is 14.6. The molecule has 146 valence electrons. The van der Waals surface area contributed by atoms with Crippen molar-refractivity contribution < 1.29 is 14.6 Å². The number of non-ortho nitro benzene ring substituents is 1. The van der Waals surface area contributed by atoms with Gasteiger partial charge in [-0.1, -0.05) is 12.1 Å². The smallest absolute Gasteiger partial charge is 0.303 e. The van der Waals surface area contributed by atoms with E-state index in [9.17, 15) is 25.0 Å². The molecule has 0 aliphatic carbocycles. The number of carbonyl (C=O) groups is 1. The molecule has 2 aromatic rings. The summed E-state index contributed by atoms with van der Waals surface area (Å²) in [5.74, 6) is -0.753. The molecule has 0 spiro atoms. The Morgan fingerprint density at radius 3 is 2.34 bits per heavy atom. The van der Waals surface area contributed by atoms with Crippen LogP contribution < -0.4 is 11.2 Å². The molecule has 13 heteroatoms. The molecule has 3 N–H and O–H groups in total. The number of hydrazone groups is 2. The van der Waals surface area contributed by atoms with Crippen LogP contribution in [0.5, 0.6) is 0 Å². The summed E-state index contributed by atoms with van der Waals surface area (Å²) in [6.45, 7) is 0. The first kappa shape index (κ1) is 19.5. The van der Waals surface area contributed by atoms with Crippen molar-refractivity contribution in [3.05, 3.63) is 74.3 Å². The second-order valence-electron chi connectivity index (χ2n) is 5.55. The number of anilines is 1. The van der Waals surface area contributed by atoms with Crippen molar-refractivity contribution in [2.45, 2.75) is 0 Å². The minimum absolute atomic E-state index is 0.0452. The maximum absolute atomic E-state index is 12.6. The maximum Gasteiger partial charge on any atom is 0.303 e. The number of nitrogens with two attached hydrogens (primary N) is 1. The van der Waals surface area contributed by atoms with E-state index < -0.39 is 15.8 Å². The number of benzene rings is 2. The number of nitro groups is 2. The molecular formula is C16H11N7O5S. The predicted octanol–water partition coefficient (Wildman–Crippen LogP) is 1.76. The summed E-state index contributed by atoms with van der Waals surface area (Å²) in [6, 6.07) is 11.0. The van der Waals surface area contributed by atoms with E-state index in [1.54, 1.807) is 6.07 Å². The first-order chi connectivity index (χ1) is 13.8. The van der Waals surface area contributed by atoms with Gasteiger partial charge in [-0.3, -0.25) is 30.4 Å². The minimum Gasteiger partial charge on any atom is -0.374 e. The molecule has 1 aliphatic heterocycles. The molecule has 1 aliphatic rings. The lowest BCUT2D eigenvalue weighted by molar-refractivity contribution is -0.384. The summed E-state index contributed by atoms with van der Waals surface area (Å²) in [5.41, 5.74) is 7.80. The van der Waals surface area contributed by atoms with Crippen LogP contribution in [0.25, 0.3) is 0 Å². The van der Waals surface area contributed by atoms with E-state index in [0.29, 0.717) is 5.56 Å². The molecule has 0 atom stereocenters. The molecule has 0 aromatic heterocycles. The zero-order valence-corrected chi connectivity index (χ0v) is 15.2. The van der Waals surface area contributed by atoms with Gasteiger partial charge in [0.2, 0.25) is 0 Å². The van der Waals surface area contributed by atoms with Gasteiger partial charge in [0, 0.05) is 23.8 Å². The van der Waals surface area contributed by atoms with Crippen molar-refractivity contribution in [3.8, 4) is 0 Å². The molecule has 0 saturated heterocycles. The van der Waals surface area contributed by atoms with Gasteiger partial charge in [-0.15, -0.1) is 0 Å². The van der Waals surface area contributed by atoms with Crippen LogP contribution in [0.3, 0.4) is 0 Å². The van der Waals surface area contributed by atoms with Crippen LogP contribution in [0, 0.1) is 20.2 Å². The lowest BCUT2D eigenvalue weighted by Crippen LogP contribution is -2.36. The summed E-state index contributed by atoms with van der Waals surface area (Å²) < 4.78 is 0. The largest absolute Gasteiger partial charge is 0.374 e. The minimum atomic E-state index is -0.753. The zero-order chi connectivity index (χ0) is 21.1. The lowest BCUT2D eigenvalue weighted by Gasteiger charge is -2.07. The van der Waals surface area contributed by atoms with Crippen molar-refractivity contribution >= 4 is 51.7 Å². The van der Waals surface area contributed by atoms with Crippen LogP contribution in [0.1, 0.15) is 5.56 Å². The molecule has 1 amide bonds. The quantitative estimate of drug-likeness (QED) is 0.424. The van der Waals surface area contributed by atoms with Crippen LogP contribution in [0.15, 0.2) is 58.7 Å². The fourth-order valence-electron chi connectivity index (χ4n) is 2.42. The Bertz CT molecular complexity index is 1100. The Hall–Kier alpha value is -4.26. The van der Waals surface area contributed by atoms with Crippen LogP contribution >= 0.6 is 12.2 Å². The number of nitro benzene ring substituents is 2. The number of hydrogen-bond donors (Lipinski definition) is 2. The third kappa shape index (κ3) is 3.89. The molecule has 0 fully saturated rings. The second kappa shape index (κ2) is 7.77. The molecular weight excluding hydrogens is 402 g/mol. The van der Waals surface area contributed by atoms with Crippen LogP contribution in [-0.2, 0) is 4.79 Å². The van der Waals surface area contributed by atoms with E-state index in [2.05, 4.69) is 15.6 Å². The number of nitrogens with zero attached hydrogens (tertiary/aromatic N) is 5. The van der Waals surface area contributed by atoms with E-state index in [0.717, 1.165) is 5.01 Å². The van der Waals surface area contributed by atoms with Crippen molar-refractivity contribution in [3.63, 3.8) is 0 Å². The summed E-state index contributed by atoms with van der Waals surface area (Å²) in [5, 5.41) is 30.3. The summed E-state index contributed by atoms with van der Waals surface area (Å²) in [6.07, 6.45) is 0. The highest BCUT2D eigenvalue weighted by Gasteiger charge is 2.35. The number of amides is 1. The molecule has 1 heterocycles. The number of rotatable bonds is 5. The van der Waals surface area contributed by atoms with Crippen LogP contribution in [-0.4, -0.2) is 37.3 Å². The van der Waals surface area contributed by atoms with Crippen molar-refractivity contribution in [1.29, 1.82) is 0 Å². The van der Waals surface area contributed by atoms with Gasteiger partial charge < -0.3 is 5.73 Å². The van der Waals surface area contributed by atoms with E-state index in [1.165, 1.54) is 42.5 Å². The monoisotopic (exact) mass is 413 g/mol. The average Bonchev–Trinajstić information content (AvgIpc) is 3.03. The van der Waals surface area contributed by atoms with Gasteiger partial charge in [-0.25, -0.2) is 0 Å². The van der Waals surface area contributed by atoms with E-state index in [-0.39, 0.29) is 33.6 Å². The van der Waals surface area contributed by atoms with E-state index >= 15 is 0 Å². The summed E-state index contributed by atoms with van der Waals surface area (Å²) >= 11 is 4.80. The number of para-hydroxylation sites is 2. The Balaban J connectivity index is 2.01. The van der Waals surface area contributed by atoms with Crippen LogP contribution in [0.4, 0.5) is 17.1 Å². The molecule has 0 radical (unpaired) electrons. The van der Waals surface area contributed by atoms with Gasteiger partial charge >= 0.3 is 5.91 Å². The third-order valence-corrected chi connectivity index (χ3v) is 3.94. The molecule has 0 bridgehead atoms. The van der Waals surface area contributed by atoms with E-state index in [1.807, 2.05) is 0 Å². The lowest BCUT2D eigenvalue weighted by atomic mass is 10.1. The maximum atomic E-state index is 12.6. The highest BCUT2D eigenvalue weighted by Crippen LogP contribution is 2.24. The highest BCUT2D eigenvalue weighted by atomic mass is 32.1. The topological polar surface area (TPSA) is 169 Å². The average molecular weight is 413 g/mol.